The van der Waals surface area contributed by atoms with Gasteiger partial charge in [0.2, 0.25) is 0 Å². The molecule has 2 aliphatic carbocycles. The van der Waals surface area contributed by atoms with Crippen LogP contribution in [-0.2, 0) is 39.8 Å². The fourth-order valence-corrected chi connectivity index (χ4v) is 6.23. The molecule has 0 spiro atoms. The van der Waals surface area contributed by atoms with Gasteiger partial charge in [0.05, 0.1) is 25.4 Å². The van der Waals surface area contributed by atoms with Crippen LogP contribution in [-0.4, -0.2) is 43.2 Å². The van der Waals surface area contributed by atoms with Gasteiger partial charge in [0.25, 0.3) is 0 Å². The first-order chi connectivity index (χ1) is 20.3. The zero-order chi connectivity index (χ0) is 30.3. The van der Waals surface area contributed by atoms with E-state index in [-0.39, 0.29) is 37.9 Å². The van der Waals surface area contributed by atoms with E-state index in [2.05, 4.69) is 13.5 Å². The Morgan fingerprint density at radius 1 is 0.881 bits per heavy atom. The molecule has 0 saturated heterocycles. The van der Waals surface area contributed by atoms with Crippen LogP contribution < -0.4 is 4.74 Å². The summed E-state index contributed by atoms with van der Waals surface area (Å²) < 4.78 is 20.8. The molecule has 1 atom stereocenters. The number of benzene rings is 1. The van der Waals surface area contributed by atoms with E-state index in [0.717, 1.165) is 55.1 Å². The van der Waals surface area contributed by atoms with Crippen molar-refractivity contribution < 1.29 is 38.1 Å². The largest absolute Gasteiger partial charge is 0.465 e. The highest BCUT2D eigenvalue weighted by atomic mass is 16.6. The third kappa shape index (κ3) is 11.6. The number of esters is 4. The maximum Gasteiger partial charge on any atom is 0.330 e. The molecule has 8 heteroatoms. The van der Waals surface area contributed by atoms with Gasteiger partial charge in [-0.2, -0.15) is 0 Å². The predicted octanol–water partition coefficient (Wildman–Crippen LogP) is 6.53. The molecule has 42 heavy (non-hydrogen) atoms. The molecule has 2 saturated carbocycles. The van der Waals surface area contributed by atoms with Crippen molar-refractivity contribution in [3.8, 4) is 5.75 Å². The lowest BCUT2D eigenvalue weighted by molar-refractivity contribution is -0.156. The average Bonchev–Trinajstić information content (AvgIpc) is 3.00. The fourth-order valence-electron chi connectivity index (χ4n) is 6.23. The lowest BCUT2D eigenvalue weighted by Gasteiger charge is -2.37. The molecule has 0 amide bonds. The number of rotatable bonds is 15. The maximum absolute atomic E-state index is 12.8. The lowest BCUT2D eigenvalue weighted by Crippen LogP contribution is -2.30. The number of ether oxygens (including phenoxy) is 4. The molecule has 0 radical (unpaired) electrons. The third-order valence-electron chi connectivity index (χ3n) is 8.65. The second-order valence-electron chi connectivity index (χ2n) is 11.9. The van der Waals surface area contributed by atoms with Gasteiger partial charge >= 0.3 is 23.9 Å². The van der Waals surface area contributed by atoms with Crippen LogP contribution >= 0.6 is 0 Å². The number of carbonyl (C=O) groups is 4. The van der Waals surface area contributed by atoms with E-state index in [1.165, 1.54) is 38.5 Å². The fraction of sp³-hybridized carbons (Fsp3) is 0.647. The van der Waals surface area contributed by atoms with E-state index in [1.807, 2.05) is 12.1 Å². The summed E-state index contributed by atoms with van der Waals surface area (Å²) in [6.07, 6.45) is 13.0. The Bertz CT molecular complexity index is 1020. The molecule has 0 bridgehead atoms. The smallest absolute Gasteiger partial charge is 0.330 e. The van der Waals surface area contributed by atoms with Crippen LogP contribution in [0.3, 0.4) is 0 Å². The highest BCUT2D eigenvalue weighted by Gasteiger charge is 2.33. The summed E-state index contributed by atoms with van der Waals surface area (Å²) in [6, 6.07) is 7.28. The van der Waals surface area contributed by atoms with Gasteiger partial charge in [-0.3, -0.25) is 14.4 Å². The zero-order valence-electron chi connectivity index (χ0n) is 25.4. The standard InChI is InChI=1S/C34H48O8/c1-4-6-25-7-11-27(12-8-25)28-13-15-29(16-14-28)34(38)42-30-17-9-26(10-18-30)21-22-39-32(36)19-20-33(37)40-23-24(3)41-31(35)5-2/h5,9-10,17-18,24-25,27-29H,2,4,6-8,11-16,19-23H2,1,3H3. The maximum atomic E-state index is 12.8. The Morgan fingerprint density at radius 3 is 2.07 bits per heavy atom. The van der Waals surface area contributed by atoms with E-state index in [0.29, 0.717) is 12.2 Å². The van der Waals surface area contributed by atoms with Gasteiger partial charge in [0.15, 0.2) is 0 Å². The molecule has 1 aromatic carbocycles. The quantitative estimate of drug-likeness (QED) is 0.0992. The highest BCUT2D eigenvalue weighted by molar-refractivity contribution is 5.81. The molecule has 0 N–H and O–H groups in total. The van der Waals surface area contributed by atoms with Crippen molar-refractivity contribution in [2.45, 2.75) is 103 Å². The Labute approximate surface area is 250 Å². The first-order valence-electron chi connectivity index (χ1n) is 15.7. The predicted molar refractivity (Wildman–Crippen MR) is 158 cm³/mol. The Morgan fingerprint density at radius 2 is 1.48 bits per heavy atom. The summed E-state index contributed by atoms with van der Waals surface area (Å²) in [5, 5.41) is 0. The van der Waals surface area contributed by atoms with Crippen LogP contribution in [0.15, 0.2) is 36.9 Å². The van der Waals surface area contributed by atoms with E-state index in [1.54, 1.807) is 19.1 Å². The number of carbonyl (C=O) groups excluding carboxylic acids is 4. The Balaban J connectivity index is 1.27. The molecule has 0 heterocycles. The van der Waals surface area contributed by atoms with Gasteiger partial charge in [-0.1, -0.05) is 51.3 Å². The number of hydrogen-bond acceptors (Lipinski definition) is 8. The van der Waals surface area contributed by atoms with Crippen molar-refractivity contribution in [2.75, 3.05) is 13.2 Å². The average molecular weight is 585 g/mol. The second-order valence-corrected chi connectivity index (χ2v) is 11.9. The topological polar surface area (TPSA) is 105 Å². The normalized spacial score (nSPS) is 22.8. The van der Waals surface area contributed by atoms with Crippen LogP contribution in [0.25, 0.3) is 0 Å². The molecule has 0 aliphatic heterocycles. The van der Waals surface area contributed by atoms with E-state index >= 15 is 0 Å². The van der Waals surface area contributed by atoms with Gasteiger partial charge in [-0.05, 0) is 80.9 Å². The minimum absolute atomic E-state index is 0.0211. The van der Waals surface area contributed by atoms with E-state index < -0.39 is 24.0 Å². The van der Waals surface area contributed by atoms with Gasteiger partial charge in [0.1, 0.15) is 18.5 Å². The van der Waals surface area contributed by atoms with Gasteiger partial charge < -0.3 is 18.9 Å². The molecule has 2 fully saturated rings. The van der Waals surface area contributed by atoms with Crippen molar-refractivity contribution in [1.82, 2.24) is 0 Å². The molecule has 2 aliphatic rings. The summed E-state index contributed by atoms with van der Waals surface area (Å²) in [4.78, 5) is 47.7. The molecular weight excluding hydrogens is 536 g/mol. The summed E-state index contributed by atoms with van der Waals surface area (Å²) in [6.45, 7) is 7.24. The van der Waals surface area contributed by atoms with Crippen LogP contribution in [0.5, 0.6) is 5.75 Å². The molecule has 0 aromatic heterocycles. The minimum atomic E-state index is -0.606. The minimum Gasteiger partial charge on any atom is -0.465 e. The summed E-state index contributed by atoms with van der Waals surface area (Å²) >= 11 is 0. The summed E-state index contributed by atoms with van der Waals surface area (Å²) in [5.41, 5.74) is 0.944. The van der Waals surface area contributed by atoms with Crippen LogP contribution in [0.4, 0.5) is 0 Å². The van der Waals surface area contributed by atoms with Crippen molar-refractivity contribution >= 4 is 23.9 Å². The molecule has 1 unspecified atom stereocenters. The van der Waals surface area contributed by atoms with Crippen molar-refractivity contribution in [1.29, 1.82) is 0 Å². The van der Waals surface area contributed by atoms with Gasteiger partial charge in [0, 0.05) is 12.5 Å². The zero-order valence-corrected chi connectivity index (χ0v) is 25.4. The third-order valence-corrected chi connectivity index (χ3v) is 8.65. The Hall–Kier alpha value is -3.16. The first-order valence-corrected chi connectivity index (χ1v) is 15.7. The molecule has 3 rings (SSSR count). The molecule has 232 valence electrons. The molecular formula is C34H48O8. The van der Waals surface area contributed by atoms with E-state index in [4.69, 9.17) is 18.9 Å². The van der Waals surface area contributed by atoms with Gasteiger partial charge in [-0.15, -0.1) is 0 Å². The Kier molecular flexibility index (Phi) is 14.1. The highest BCUT2D eigenvalue weighted by Crippen LogP contribution is 2.42. The molecule has 8 nitrogen and oxygen atoms in total. The summed E-state index contributed by atoms with van der Waals surface area (Å²) in [5.74, 6) is 1.25. The number of hydrogen-bond donors (Lipinski definition) is 0. The summed E-state index contributed by atoms with van der Waals surface area (Å²) in [7, 11) is 0. The van der Waals surface area contributed by atoms with Crippen LogP contribution in [0.2, 0.25) is 0 Å². The second kappa shape index (κ2) is 17.7. The van der Waals surface area contributed by atoms with E-state index in [9.17, 15) is 19.2 Å². The lowest BCUT2D eigenvalue weighted by atomic mass is 9.69. The molecule has 1 aromatic rings. The van der Waals surface area contributed by atoms with Crippen molar-refractivity contribution in [3.63, 3.8) is 0 Å². The van der Waals surface area contributed by atoms with Gasteiger partial charge in [-0.25, -0.2) is 4.79 Å². The van der Waals surface area contributed by atoms with Crippen molar-refractivity contribution in [2.24, 2.45) is 23.7 Å². The SMILES string of the molecule is C=CC(=O)OC(C)COC(=O)CCC(=O)OCCc1ccc(OC(=O)C2CCC(C3CCC(CCC)CC3)CC2)cc1. The monoisotopic (exact) mass is 584 g/mol. The van der Waals surface area contributed by atoms with Crippen LogP contribution in [0, 0.1) is 23.7 Å². The first kappa shape index (κ1) is 33.3. The van der Waals surface area contributed by atoms with Crippen LogP contribution in [0.1, 0.15) is 96.5 Å². The van der Waals surface area contributed by atoms with Crippen molar-refractivity contribution in [3.05, 3.63) is 42.5 Å².